The van der Waals surface area contributed by atoms with Crippen LogP contribution in [0.25, 0.3) is 0 Å². The van der Waals surface area contributed by atoms with Crippen LogP contribution in [-0.2, 0) is 6.42 Å². The summed E-state index contributed by atoms with van der Waals surface area (Å²) < 4.78 is 0. The van der Waals surface area contributed by atoms with Crippen LogP contribution in [0.3, 0.4) is 0 Å². The van der Waals surface area contributed by atoms with Crippen molar-refractivity contribution < 1.29 is 14.7 Å². The van der Waals surface area contributed by atoms with E-state index in [2.05, 4.69) is 4.98 Å². The second kappa shape index (κ2) is 5.32. The van der Waals surface area contributed by atoms with Crippen LogP contribution in [0.5, 0.6) is 0 Å². The molecule has 0 unspecified atom stereocenters. The van der Waals surface area contributed by atoms with Crippen molar-refractivity contribution >= 4 is 23.1 Å². The van der Waals surface area contributed by atoms with Gasteiger partial charge in [-0.1, -0.05) is 29.8 Å². The van der Waals surface area contributed by atoms with E-state index in [4.69, 9.17) is 5.11 Å². The molecule has 0 saturated heterocycles. The standard InChI is InChI=1S/C14H13NO3S/c1-8-3-5-10(6-4-8)7-11-15-12(14(17)18)13(19-11)9(2)16/h3-6H,7H2,1-2H3,(H,17,18). The summed E-state index contributed by atoms with van der Waals surface area (Å²) in [6.07, 6.45) is 0.540. The number of rotatable bonds is 4. The third-order valence-corrected chi connectivity index (χ3v) is 3.83. The van der Waals surface area contributed by atoms with Crippen LogP contribution in [0, 0.1) is 6.92 Å². The van der Waals surface area contributed by atoms with Crippen molar-refractivity contribution in [2.75, 3.05) is 0 Å². The first-order valence-corrected chi connectivity index (χ1v) is 6.58. The molecule has 0 radical (unpaired) electrons. The summed E-state index contributed by atoms with van der Waals surface area (Å²) in [5, 5.41) is 9.67. The van der Waals surface area contributed by atoms with Gasteiger partial charge in [0.1, 0.15) is 4.88 Å². The topological polar surface area (TPSA) is 67.3 Å². The Balaban J connectivity index is 2.31. The third kappa shape index (κ3) is 3.06. The maximum absolute atomic E-state index is 11.4. The number of hydrogen-bond acceptors (Lipinski definition) is 4. The lowest BCUT2D eigenvalue weighted by Crippen LogP contribution is -2.03. The molecule has 0 amide bonds. The highest BCUT2D eigenvalue weighted by atomic mass is 32.1. The minimum absolute atomic E-state index is 0.139. The zero-order valence-corrected chi connectivity index (χ0v) is 11.5. The maximum atomic E-state index is 11.4. The van der Waals surface area contributed by atoms with Gasteiger partial charge in [-0.2, -0.15) is 0 Å². The molecule has 0 aliphatic heterocycles. The number of aromatic nitrogens is 1. The van der Waals surface area contributed by atoms with E-state index < -0.39 is 5.97 Å². The number of carboxylic acids is 1. The Labute approximate surface area is 114 Å². The van der Waals surface area contributed by atoms with Crippen LogP contribution >= 0.6 is 11.3 Å². The first-order chi connectivity index (χ1) is 8.97. The minimum atomic E-state index is -1.16. The molecule has 4 nitrogen and oxygen atoms in total. The monoisotopic (exact) mass is 275 g/mol. The molecule has 2 rings (SSSR count). The zero-order valence-electron chi connectivity index (χ0n) is 10.6. The maximum Gasteiger partial charge on any atom is 0.356 e. The zero-order chi connectivity index (χ0) is 14.0. The number of carboxylic acid groups (broad SMARTS) is 1. The average molecular weight is 275 g/mol. The third-order valence-electron chi connectivity index (χ3n) is 2.67. The van der Waals surface area contributed by atoms with Crippen molar-refractivity contribution in [1.82, 2.24) is 4.98 Å². The number of ketones is 1. The lowest BCUT2D eigenvalue weighted by atomic mass is 10.1. The van der Waals surface area contributed by atoms with Crippen LogP contribution in [0.1, 0.15) is 43.2 Å². The molecule has 1 N–H and O–H groups in total. The molecule has 1 aromatic carbocycles. The minimum Gasteiger partial charge on any atom is -0.476 e. The number of aromatic carboxylic acids is 1. The summed E-state index contributed by atoms with van der Waals surface area (Å²) >= 11 is 1.15. The molecule has 0 aliphatic carbocycles. The molecular formula is C14H13NO3S. The fourth-order valence-corrected chi connectivity index (χ4v) is 2.69. The summed E-state index contributed by atoms with van der Waals surface area (Å²) in [6.45, 7) is 3.36. The van der Waals surface area contributed by atoms with Gasteiger partial charge in [-0.25, -0.2) is 9.78 Å². The second-order valence-corrected chi connectivity index (χ2v) is 5.39. The molecule has 2 aromatic rings. The number of carbonyl (C=O) groups is 2. The van der Waals surface area contributed by atoms with Gasteiger partial charge in [0.2, 0.25) is 0 Å². The normalized spacial score (nSPS) is 10.4. The molecule has 0 aliphatic rings. The molecule has 0 atom stereocenters. The van der Waals surface area contributed by atoms with E-state index in [1.165, 1.54) is 12.5 Å². The predicted octanol–water partition coefficient (Wildman–Crippen LogP) is 2.94. The van der Waals surface area contributed by atoms with Gasteiger partial charge in [0.15, 0.2) is 11.5 Å². The lowest BCUT2D eigenvalue weighted by molar-refractivity contribution is 0.0687. The number of aryl methyl sites for hydroxylation is 1. The molecule has 5 heteroatoms. The van der Waals surface area contributed by atoms with Crippen LogP contribution < -0.4 is 0 Å². The summed E-state index contributed by atoms with van der Waals surface area (Å²) in [7, 11) is 0. The van der Waals surface area contributed by atoms with Crippen molar-refractivity contribution in [3.8, 4) is 0 Å². The summed E-state index contributed by atoms with van der Waals surface area (Å²) in [5.41, 5.74) is 2.07. The Bertz CT molecular complexity index is 597. The summed E-state index contributed by atoms with van der Waals surface area (Å²) in [6, 6.07) is 7.94. The van der Waals surface area contributed by atoms with Crippen LogP contribution in [-0.4, -0.2) is 21.8 Å². The van der Waals surface area contributed by atoms with Gasteiger partial charge in [-0.15, -0.1) is 11.3 Å². The molecule has 0 spiro atoms. The highest BCUT2D eigenvalue weighted by Gasteiger charge is 2.20. The molecule has 0 fully saturated rings. The highest BCUT2D eigenvalue weighted by Crippen LogP contribution is 2.22. The highest BCUT2D eigenvalue weighted by molar-refractivity contribution is 7.14. The van der Waals surface area contributed by atoms with Gasteiger partial charge in [0.05, 0.1) is 5.01 Å². The Morgan fingerprint density at radius 3 is 2.37 bits per heavy atom. The first kappa shape index (κ1) is 13.4. The van der Waals surface area contributed by atoms with E-state index in [9.17, 15) is 9.59 Å². The lowest BCUT2D eigenvalue weighted by Gasteiger charge is -1.98. The largest absolute Gasteiger partial charge is 0.476 e. The van der Waals surface area contributed by atoms with Crippen LogP contribution in [0.15, 0.2) is 24.3 Å². The van der Waals surface area contributed by atoms with Crippen molar-refractivity contribution in [1.29, 1.82) is 0 Å². The number of benzene rings is 1. The number of carbonyl (C=O) groups excluding carboxylic acids is 1. The van der Waals surface area contributed by atoms with E-state index >= 15 is 0 Å². The Morgan fingerprint density at radius 2 is 1.89 bits per heavy atom. The predicted molar refractivity (Wildman–Crippen MR) is 73.1 cm³/mol. The van der Waals surface area contributed by atoms with Crippen molar-refractivity contribution in [2.45, 2.75) is 20.3 Å². The molecular weight excluding hydrogens is 262 g/mol. The van der Waals surface area contributed by atoms with E-state index in [-0.39, 0.29) is 16.4 Å². The number of Topliss-reactive ketones (excluding diaryl/α,β-unsaturated/α-hetero) is 1. The molecule has 1 aromatic heterocycles. The average Bonchev–Trinajstić information content (AvgIpc) is 2.76. The van der Waals surface area contributed by atoms with Crippen LogP contribution in [0.2, 0.25) is 0 Å². The van der Waals surface area contributed by atoms with Gasteiger partial charge < -0.3 is 5.11 Å². The van der Waals surface area contributed by atoms with E-state index in [0.29, 0.717) is 11.4 Å². The molecule has 98 valence electrons. The Hall–Kier alpha value is -2.01. The Morgan fingerprint density at radius 1 is 1.26 bits per heavy atom. The van der Waals surface area contributed by atoms with E-state index in [1.807, 2.05) is 31.2 Å². The molecule has 19 heavy (non-hydrogen) atoms. The van der Waals surface area contributed by atoms with Crippen molar-refractivity contribution in [2.24, 2.45) is 0 Å². The van der Waals surface area contributed by atoms with Crippen LogP contribution in [0.4, 0.5) is 0 Å². The number of nitrogens with zero attached hydrogens (tertiary/aromatic N) is 1. The van der Waals surface area contributed by atoms with E-state index in [1.54, 1.807) is 0 Å². The SMILES string of the molecule is CC(=O)c1sc(Cc2ccc(C)cc2)nc1C(=O)O. The van der Waals surface area contributed by atoms with Gasteiger partial charge in [-0.3, -0.25) is 4.79 Å². The van der Waals surface area contributed by atoms with Gasteiger partial charge in [-0.05, 0) is 12.5 Å². The fourth-order valence-electron chi connectivity index (χ4n) is 1.70. The molecule has 0 bridgehead atoms. The molecule has 0 saturated carbocycles. The van der Waals surface area contributed by atoms with Gasteiger partial charge in [0.25, 0.3) is 0 Å². The summed E-state index contributed by atoms with van der Waals surface area (Å²) in [5.74, 6) is -1.42. The fraction of sp³-hybridized carbons (Fsp3) is 0.214. The number of thiazole rings is 1. The smallest absolute Gasteiger partial charge is 0.356 e. The van der Waals surface area contributed by atoms with Gasteiger partial charge in [0, 0.05) is 13.3 Å². The van der Waals surface area contributed by atoms with Gasteiger partial charge >= 0.3 is 5.97 Å². The molecule has 1 heterocycles. The van der Waals surface area contributed by atoms with Crippen molar-refractivity contribution in [3.05, 3.63) is 51.0 Å². The van der Waals surface area contributed by atoms with Crippen molar-refractivity contribution in [3.63, 3.8) is 0 Å². The number of hydrogen-bond donors (Lipinski definition) is 1. The quantitative estimate of drug-likeness (QED) is 0.871. The summed E-state index contributed by atoms with van der Waals surface area (Å²) in [4.78, 5) is 26.7. The Kier molecular flexibility index (Phi) is 3.76. The first-order valence-electron chi connectivity index (χ1n) is 5.77. The second-order valence-electron chi connectivity index (χ2n) is 4.31. The van der Waals surface area contributed by atoms with E-state index in [0.717, 1.165) is 16.9 Å².